The summed E-state index contributed by atoms with van der Waals surface area (Å²) in [4.78, 5) is 12.9. The molecule has 1 fully saturated rings. The summed E-state index contributed by atoms with van der Waals surface area (Å²) in [6.45, 7) is 0.117. The predicted molar refractivity (Wildman–Crippen MR) is 65.6 cm³/mol. The molecule has 1 saturated heterocycles. The maximum atomic E-state index is 11.6. The number of hydrogen-bond acceptors (Lipinski definition) is 6. The molecule has 5 atom stereocenters. The van der Waals surface area contributed by atoms with Crippen molar-refractivity contribution in [3.63, 3.8) is 0 Å². The van der Waals surface area contributed by atoms with E-state index in [4.69, 9.17) is 14.2 Å². The maximum Gasteiger partial charge on any atom is 0.317 e. The second-order valence-corrected chi connectivity index (χ2v) is 4.58. The standard InChI is InChI=1S/C11H22N2O6/c1-13(2)11(16)12-7-9(15)8(14)6(5-17-3)19-10(7)18-4/h6-10,14-15H,5H2,1-4H3,(H,12,16). The zero-order valence-corrected chi connectivity index (χ0v) is 11.6. The van der Waals surface area contributed by atoms with Crippen LogP contribution in [-0.2, 0) is 14.2 Å². The van der Waals surface area contributed by atoms with Gasteiger partial charge in [0.05, 0.1) is 6.61 Å². The highest BCUT2D eigenvalue weighted by atomic mass is 16.7. The minimum Gasteiger partial charge on any atom is -0.388 e. The first-order valence-corrected chi connectivity index (χ1v) is 5.93. The van der Waals surface area contributed by atoms with Gasteiger partial charge in [-0.1, -0.05) is 0 Å². The monoisotopic (exact) mass is 278 g/mol. The van der Waals surface area contributed by atoms with Crippen LogP contribution in [0.4, 0.5) is 4.79 Å². The Kier molecular flexibility index (Phi) is 5.95. The van der Waals surface area contributed by atoms with Crippen molar-refractivity contribution in [2.24, 2.45) is 0 Å². The van der Waals surface area contributed by atoms with Crippen LogP contribution in [0.1, 0.15) is 0 Å². The molecular weight excluding hydrogens is 256 g/mol. The number of urea groups is 1. The third kappa shape index (κ3) is 3.77. The Morgan fingerprint density at radius 3 is 2.42 bits per heavy atom. The smallest absolute Gasteiger partial charge is 0.317 e. The van der Waals surface area contributed by atoms with Gasteiger partial charge < -0.3 is 34.6 Å². The Morgan fingerprint density at radius 1 is 1.32 bits per heavy atom. The highest BCUT2D eigenvalue weighted by molar-refractivity contribution is 5.74. The average molecular weight is 278 g/mol. The van der Waals surface area contributed by atoms with Crippen LogP contribution < -0.4 is 5.32 Å². The normalized spacial score (nSPS) is 34.9. The number of methoxy groups -OCH3 is 2. The number of rotatable bonds is 4. The van der Waals surface area contributed by atoms with E-state index in [-0.39, 0.29) is 6.61 Å². The lowest BCUT2D eigenvalue weighted by molar-refractivity contribution is -0.263. The minimum atomic E-state index is -1.21. The fraction of sp³-hybridized carbons (Fsp3) is 0.909. The molecule has 3 N–H and O–H groups in total. The number of nitrogens with zero attached hydrogens (tertiary/aromatic N) is 1. The lowest BCUT2D eigenvalue weighted by Crippen LogP contribution is -2.65. The van der Waals surface area contributed by atoms with Gasteiger partial charge in [0.25, 0.3) is 0 Å². The van der Waals surface area contributed by atoms with Gasteiger partial charge in [0.15, 0.2) is 6.29 Å². The van der Waals surface area contributed by atoms with E-state index in [0.717, 1.165) is 0 Å². The molecule has 5 unspecified atom stereocenters. The Morgan fingerprint density at radius 2 is 1.95 bits per heavy atom. The number of carbonyl (C=O) groups excluding carboxylic acids is 1. The van der Waals surface area contributed by atoms with E-state index >= 15 is 0 Å². The lowest BCUT2D eigenvalue weighted by Gasteiger charge is -2.42. The fourth-order valence-corrected chi connectivity index (χ4v) is 1.86. The van der Waals surface area contributed by atoms with Gasteiger partial charge in [-0.3, -0.25) is 0 Å². The molecule has 112 valence electrons. The molecule has 0 aromatic rings. The molecule has 0 bridgehead atoms. The summed E-state index contributed by atoms with van der Waals surface area (Å²) in [5.41, 5.74) is 0. The minimum absolute atomic E-state index is 0.117. The maximum absolute atomic E-state index is 11.6. The van der Waals surface area contributed by atoms with Crippen molar-refractivity contribution in [3.05, 3.63) is 0 Å². The summed E-state index contributed by atoms with van der Waals surface area (Å²) in [6.07, 6.45) is -3.94. The summed E-state index contributed by atoms with van der Waals surface area (Å²) < 4.78 is 15.5. The Bertz CT molecular complexity index is 299. The first kappa shape index (κ1) is 16.1. The van der Waals surface area contributed by atoms with Gasteiger partial charge in [0.1, 0.15) is 24.4 Å². The molecule has 1 aliphatic rings. The molecule has 0 spiro atoms. The van der Waals surface area contributed by atoms with Crippen LogP contribution in [0.5, 0.6) is 0 Å². The summed E-state index contributed by atoms with van der Waals surface area (Å²) in [6, 6.07) is -1.27. The van der Waals surface area contributed by atoms with Crippen LogP contribution in [0.3, 0.4) is 0 Å². The zero-order chi connectivity index (χ0) is 14.6. The molecule has 0 aromatic carbocycles. The third-order valence-corrected chi connectivity index (χ3v) is 2.96. The summed E-state index contributed by atoms with van der Waals surface area (Å²) in [5.74, 6) is 0. The Labute approximate surface area is 112 Å². The van der Waals surface area contributed by atoms with Gasteiger partial charge in [0.2, 0.25) is 0 Å². The molecule has 19 heavy (non-hydrogen) atoms. The molecule has 0 saturated carbocycles. The van der Waals surface area contributed by atoms with Crippen LogP contribution in [0, 0.1) is 0 Å². The van der Waals surface area contributed by atoms with Gasteiger partial charge in [-0.2, -0.15) is 0 Å². The number of hydrogen-bond donors (Lipinski definition) is 3. The molecule has 0 aliphatic carbocycles. The first-order valence-electron chi connectivity index (χ1n) is 5.93. The Hall–Kier alpha value is -0.930. The lowest BCUT2D eigenvalue weighted by atomic mass is 9.97. The van der Waals surface area contributed by atoms with Crippen molar-refractivity contribution in [1.82, 2.24) is 10.2 Å². The molecule has 1 aliphatic heterocycles. The van der Waals surface area contributed by atoms with E-state index in [1.54, 1.807) is 14.1 Å². The topological polar surface area (TPSA) is 100 Å². The molecule has 0 radical (unpaired) electrons. The van der Waals surface area contributed by atoms with Gasteiger partial charge in [-0.15, -0.1) is 0 Å². The highest BCUT2D eigenvalue weighted by Gasteiger charge is 2.45. The van der Waals surface area contributed by atoms with E-state index in [0.29, 0.717) is 0 Å². The van der Waals surface area contributed by atoms with Crippen LogP contribution in [0.2, 0.25) is 0 Å². The van der Waals surface area contributed by atoms with Crippen LogP contribution in [-0.4, -0.2) is 86.7 Å². The van der Waals surface area contributed by atoms with Crippen molar-refractivity contribution >= 4 is 6.03 Å². The number of nitrogens with one attached hydrogen (secondary N) is 1. The zero-order valence-electron chi connectivity index (χ0n) is 11.6. The summed E-state index contributed by atoms with van der Waals surface area (Å²) >= 11 is 0. The van der Waals surface area contributed by atoms with E-state index < -0.39 is 36.7 Å². The van der Waals surface area contributed by atoms with E-state index in [1.165, 1.54) is 19.1 Å². The number of carbonyl (C=O) groups is 1. The first-order chi connectivity index (χ1) is 8.92. The molecular formula is C11H22N2O6. The third-order valence-electron chi connectivity index (χ3n) is 2.96. The molecule has 1 heterocycles. The molecule has 2 amide bonds. The van der Waals surface area contributed by atoms with Gasteiger partial charge in [0, 0.05) is 28.3 Å². The molecule has 8 heteroatoms. The highest BCUT2D eigenvalue weighted by Crippen LogP contribution is 2.22. The van der Waals surface area contributed by atoms with E-state index in [9.17, 15) is 15.0 Å². The number of ether oxygens (including phenoxy) is 3. The average Bonchev–Trinajstić information content (AvgIpc) is 2.38. The largest absolute Gasteiger partial charge is 0.388 e. The molecule has 8 nitrogen and oxygen atoms in total. The van der Waals surface area contributed by atoms with Crippen molar-refractivity contribution in [2.45, 2.75) is 30.6 Å². The van der Waals surface area contributed by atoms with Crippen molar-refractivity contribution in [1.29, 1.82) is 0 Å². The van der Waals surface area contributed by atoms with Gasteiger partial charge in [-0.25, -0.2) is 4.79 Å². The molecule has 0 aromatic heterocycles. The second kappa shape index (κ2) is 7.01. The number of amides is 2. The number of aliphatic hydroxyl groups is 2. The number of aliphatic hydroxyl groups excluding tert-OH is 2. The Balaban J connectivity index is 2.77. The quantitative estimate of drug-likeness (QED) is 0.570. The van der Waals surface area contributed by atoms with Gasteiger partial charge >= 0.3 is 6.03 Å². The molecule has 1 rings (SSSR count). The SMILES string of the molecule is COCC1OC(OC)C(NC(=O)N(C)C)C(O)C1O. The van der Waals surface area contributed by atoms with E-state index in [1.807, 2.05) is 0 Å². The van der Waals surface area contributed by atoms with Crippen LogP contribution in [0.15, 0.2) is 0 Å². The van der Waals surface area contributed by atoms with E-state index in [2.05, 4.69) is 5.32 Å². The fourth-order valence-electron chi connectivity index (χ4n) is 1.86. The van der Waals surface area contributed by atoms with Crippen molar-refractivity contribution in [3.8, 4) is 0 Å². The van der Waals surface area contributed by atoms with Crippen LogP contribution in [0.25, 0.3) is 0 Å². The summed E-state index contributed by atoms with van der Waals surface area (Å²) in [7, 11) is 5.99. The van der Waals surface area contributed by atoms with Crippen LogP contribution >= 0.6 is 0 Å². The van der Waals surface area contributed by atoms with Crippen molar-refractivity contribution in [2.75, 3.05) is 34.9 Å². The summed E-state index contributed by atoms with van der Waals surface area (Å²) in [5, 5.41) is 22.5. The predicted octanol–water partition coefficient (Wildman–Crippen LogP) is -1.63. The van der Waals surface area contributed by atoms with Crippen molar-refractivity contribution < 1.29 is 29.2 Å². The van der Waals surface area contributed by atoms with Gasteiger partial charge in [-0.05, 0) is 0 Å². The second-order valence-electron chi connectivity index (χ2n) is 4.58.